The van der Waals surface area contributed by atoms with Crippen LogP contribution in [0.15, 0.2) is 0 Å². The first-order valence-electron chi connectivity index (χ1n) is 3.34. The van der Waals surface area contributed by atoms with Crippen molar-refractivity contribution < 1.29 is 25.2 Å². The Hall–Kier alpha value is -0.140. The molecule has 0 unspecified atom stereocenters. The van der Waals surface area contributed by atoms with Crippen molar-refractivity contribution in [2.75, 3.05) is 12.4 Å². The Morgan fingerprint density at radius 1 is 1.33 bits per heavy atom. The zero-order valence-corrected chi connectivity index (χ0v) is 7.19. The van der Waals surface area contributed by atoms with E-state index >= 15 is 0 Å². The van der Waals surface area contributed by atoms with E-state index in [1.807, 2.05) is 0 Å². The standard InChI is InChI=1S/C6H12O5S/c7-1-3(8)5(10)6(11)4(9)2-12/h3-5,7-10,12H,1-2H2/t3-,4+,5+/m0/s1. The lowest BCUT2D eigenvalue weighted by Gasteiger charge is -2.16. The molecule has 0 fully saturated rings. The highest BCUT2D eigenvalue weighted by atomic mass is 32.1. The number of hydrogen-bond donors (Lipinski definition) is 5. The van der Waals surface area contributed by atoms with Crippen molar-refractivity contribution in [1.82, 2.24) is 0 Å². The Labute approximate surface area is 75.1 Å². The van der Waals surface area contributed by atoms with Gasteiger partial charge in [-0.2, -0.15) is 12.6 Å². The third kappa shape index (κ3) is 3.08. The second-order valence-corrected chi connectivity index (χ2v) is 2.66. The predicted molar refractivity (Wildman–Crippen MR) is 44.0 cm³/mol. The largest absolute Gasteiger partial charge is 0.394 e. The quantitative estimate of drug-likeness (QED) is 0.315. The topological polar surface area (TPSA) is 98.0 Å². The maximum atomic E-state index is 10.9. The van der Waals surface area contributed by atoms with Crippen LogP contribution < -0.4 is 0 Å². The fourth-order valence-corrected chi connectivity index (χ4v) is 0.756. The molecule has 0 spiro atoms. The number of thiol groups is 1. The Kier molecular flexibility index (Phi) is 5.43. The molecule has 0 aromatic carbocycles. The summed E-state index contributed by atoms with van der Waals surface area (Å²) < 4.78 is 0. The van der Waals surface area contributed by atoms with Gasteiger partial charge in [-0.1, -0.05) is 0 Å². The summed E-state index contributed by atoms with van der Waals surface area (Å²) in [4.78, 5) is 10.9. The molecule has 0 amide bonds. The van der Waals surface area contributed by atoms with E-state index in [2.05, 4.69) is 12.6 Å². The van der Waals surface area contributed by atoms with Crippen molar-refractivity contribution in [3.8, 4) is 0 Å². The number of carbonyl (C=O) groups is 1. The molecule has 0 aliphatic rings. The van der Waals surface area contributed by atoms with Crippen LogP contribution in [0.3, 0.4) is 0 Å². The van der Waals surface area contributed by atoms with E-state index in [4.69, 9.17) is 20.4 Å². The number of Topliss-reactive ketones (excluding diaryl/α,β-unsaturated/α-hetero) is 1. The molecular formula is C6H12O5S. The van der Waals surface area contributed by atoms with Gasteiger partial charge in [0.05, 0.1) is 6.61 Å². The summed E-state index contributed by atoms with van der Waals surface area (Å²) in [5.41, 5.74) is 0. The molecule has 0 saturated heterocycles. The molecule has 12 heavy (non-hydrogen) atoms. The highest BCUT2D eigenvalue weighted by molar-refractivity contribution is 7.80. The molecule has 4 N–H and O–H groups in total. The van der Waals surface area contributed by atoms with E-state index in [1.165, 1.54) is 0 Å². The Bertz CT molecular complexity index is 151. The van der Waals surface area contributed by atoms with Crippen LogP contribution in [0, 0.1) is 0 Å². The molecule has 0 heterocycles. The summed E-state index contributed by atoms with van der Waals surface area (Å²) in [7, 11) is 0. The molecule has 0 aromatic rings. The molecule has 0 aliphatic carbocycles. The zero-order valence-electron chi connectivity index (χ0n) is 6.29. The number of carbonyl (C=O) groups excluding carboxylic acids is 1. The van der Waals surface area contributed by atoms with E-state index in [0.717, 1.165) is 0 Å². The van der Waals surface area contributed by atoms with Gasteiger partial charge in [-0.05, 0) is 0 Å². The minimum absolute atomic E-state index is 0.131. The van der Waals surface area contributed by atoms with Gasteiger partial charge in [-0.3, -0.25) is 4.79 Å². The molecule has 5 nitrogen and oxygen atoms in total. The molecular weight excluding hydrogens is 184 g/mol. The highest BCUT2D eigenvalue weighted by Crippen LogP contribution is 2.00. The van der Waals surface area contributed by atoms with Crippen molar-refractivity contribution in [3.05, 3.63) is 0 Å². The van der Waals surface area contributed by atoms with Gasteiger partial charge in [-0.15, -0.1) is 0 Å². The lowest BCUT2D eigenvalue weighted by atomic mass is 10.1. The van der Waals surface area contributed by atoms with Gasteiger partial charge in [0, 0.05) is 5.75 Å². The number of aliphatic hydroxyl groups is 4. The van der Waals surface area contributed by atoms with Crippen LogP contribution in [0.2, 0.25) is 0 Å². The zero-order chi connectivity index (χ0) is 9.72. The summed E-state index contributed by atoms with van der Waals surface area (Å²) in [5.74, 6) is -1.07. The molecule has 0 bridgehead atoms. The number of aliphatic hydroxyl groups excluding tert-OH is 4. The number of ketones is 1. The number of rotatable bonds is 5. The van der Waals surface area contributed by atoms with E-state index in [-0.39, 0.29) is 5.75 Å². The Morgan fingerprint density at radius 2 is 1.83 bits per heavy atom. The van der Waals surface area contributed by atoms with Gasteiger partial charge < -0.3 is 20.4 Å². The van der Waals surface area contributed by atoms with Gasteiger partial charge in [0.15, 0.2) is 5.78 Å². The van der Waals surface area contributed by atoms with E-state index in [1.54, 1.807) is 0 Å². The third-order valence-electron chi connectivity index (χ3n) is 1.34. The fraction of sp³-hybridized carbons (Fsp3) is 0.833. The van der Waals surface area contributed by atoms with Crippen LogP contribution in [0.5, 0.6) is 0 Å². The monoisotopic (exact) mass is 196 g/mol. The number of hydrogen-bond acceptors (Lipinski definition) is 6. The maximum Gasteiger partial charge on any atom is 0.193 e. The van der Waals surface area contributed by atoms with Crippen molar-refractivity contribution in [3.63, 3.8) is 0 Å². The van der Waals surface area contributed by atoms with E-state index < -0.39 is 30.7 Å². The minimum Gasteiger partial charge on any atom is -0.394 e. The molecule has 0 saturated carbocycles. The first kappa shape index (κ1) is 11.9. The molecule has 6 heteroatoms. The highest BCUT2D eigenvalue weighted by Gasteiger charge is 2.28. The normalized spacial score (nSPS) is 18.4. The second kappa shape index (κ2) is 5.50. The van der Waals surface area contributed by atoms with Crippen LogP contribution in [0.25, 0.3) is 0 Å². The third-order valence-corrected chi connectivity index (χ3v) is 1.69. The summed E-state index contributed by atoms with van der Waals surface area (Å²) in [5, 5.41) is 34.9. The fourth-order valence-electron chi connectivity index (χ4n) is 0.577. The smallest absolute Gasteiger partial charge is 0.193 e. The van der Waals surface area contributed by atoms with Gasteiger partial charge >= 0.3 is 0 Å². The Balaban J connectivity index is 4.09. The average molecular weight is 196 g/mol. The van der Waals surface area contributed by atoms with Crippen molar-refractivity contribution >= 4 is 18.4 Å². The molecule has 0 aromatic heterocycles. The van der Waals surface area contributed by atoms with Crippen LogP contribution in [-0.4, -0.2) is 56.9 Å². The van der Waals surface area contributed by atoms with Crippen LogP contribution in [0.4, 0.5) is 0 Å². The van der Waals surface area contributed by atoms with Gasteiger partial charge in [0.1, 0.15) is 18.3 Å². The lowest BCUT2D eigenvalue weighted by Crippen LogP contribution is -2.42. The van der Waals surface area contributed by atoms with Gasteiger partial charge in [-0.25, -0.2) is 0 Å². The van der Waals surface area contributed by atoms with Crippen LogP contribution >= 0.6 is 12.6 Å². The first-order valence-corrected chi connectivity index (χ1v) is 3.97. The van der Waals surface area contributed by atoms with Crippen LogP contribution in [0.1, 0.15) is 0 Å². The summed E-state index contributed by atoms with van der Waals surface area (Å²) >= 11 is 3.62. The molecule has 0 rings (SSSR count). The van der Waals surface area contributed by atoms with Gasteiger partial charge in [0.25, 0.3) is 0 Å². The average Bonchev–Trinajstić information content (AvgIpc) is 2.12. The van der Waals surface area contributed by atoms with Crippen LogP contribution in [-0.2, 0) is 4.79 Å². The van der Waals surface area contributed by atoms with E-state index in [0.29, 0.717) is 0 Å². The molecule has 3 atom stereocenters. The summed E-state index contributed by atoms with van der Waals surface area (Å²) in [6.07, 6.45) is -4.71. The minimum atomic E-state index is -1.75. The SMILES string of the molecule is O=C([C@H](O)CS)[C@H](O)[C@@H](O)CO. The van der Waals surface area contributed by atoms with Crippen molar-refractivity contribution in [2.45, 2.75) is 18.3 Å². The first-order chi connectivity index (χ1) is 5.54. The summed E-state index contributed by atoms with van der Waals surface area (Å²) in [6, 6.07) is 0. The van der Waals surface area contributed by atoms with Crippen molar-refractivity contribution in [1.29, 1.82) is 0 Å². The predicted octanol–water partition coefficient (Wildman–Crippen LogP) is -2.44. The maximum absolute atomic E-state index is 10.9. The molecule has 0 aliphatic heterocycles. The second-order valence-electron chi connectivity index (χ2n) is 2.30. The molecule has 72 valence electrons. The Morgan fingerprint density at radius 3 is 2.17 bits per heavy atom. The van der Waals surface area contributed by atoms with Crippen molar-refractivity contribution in [2.24, 2.45) is 0 Å². The van der Waals surface area contributed by atoms with Gasteiger partial charge in [0.2, 0.25) is 0 Å². The summed E-state index contributed by atoms with van der Waals surface area (Å²) in [6.45, 7) is -0.730. The van der Waals surface area contributed by atoms with E-state index in [9.17, 15) is 4.79 Å². The lowest BCUT2D eigenvalue weighted by molar-refractivity contribution is -0.141. The molecule has 0 radical (unpaired) electrons.